The fourth-order valence-corrected chi connectivity index (χ4v) is 1.85. The molecule has 0 aliphatic carbocycles. The van der Waals surface area contributed by atoms with Crippen molar-refractivity contribution in [2.24, 2.45) is 0 Å². The van der Waals surface area contributed by atoms with Crippen LogP contribution in [-0.4, -0.2) is 5.75 Å². The molecule has 1 rings (SSSR count). The molecule has 0 bridgehead atoms. The van der Waals surface area contributed by atoms with Crippen molar-refractivity contribution in [1.82, 2.24) is 0 Å². The Morgan fingerprint density at radius 1 is 1.31 bits per heavy atom. The second kappa shape index (κ2) is 5.87. The molecule has 13 heavy (non-hydrogen) atoms. The fraction of sp³-hybridized carbons (Fsp3) is 0.333. The van der Waals surface area contributed by atoms with Crippen molar-refractivity contribution < 1.29 is 0 Å². The van der Waals surface area contributed by atoms with Gasteiger partial charge in [-0.1, -0.05) is 36.8 Å². The molecule has 0 saturated carbocycles. The third kappa shape index (κ3) is 4.18. The van der Waals surface area contributed by atoms with E-state index in [0.29, 0.717) is 0 Å². The summed E-state index contributed by atoms with van der Waals surface area (Å²) < 4.78 is 0. The van der Waals surface area contributed by atoms with Crippen LogP contribution in [0.3, 0.4) is 0 Å². The van der Waals surface area contributed by atoms with Crippen molar-refractivity contribution in [3.8, 4) is 0 Å². The molecule has 0 aliphatic heterocycles. The van der Waals surface area contributed by atoms with E-state index in [4.69, 9.17) is 0 Å². The van der Waals surface area contributed by atoms with Crippen LogP contribution in [0.1, 0.15) is 20.3 Å². The van der Waals surface area contributed by atoms with Crippen molar-refractivity contribution in [2.45, 2.75) is 25.2 Å². The predicted molar refractivity (Wildman–Crippen MR) is 61.2 cm³/mol. The molecule has 0 nitrogen and oxygen atoms in total. The zero-order chi connectivity index (χ0) is 9.52. The van der Waals surface area contributed by atoms with Gasteiger partial charge in [0.2, 0.25) is 0 Å². The van der Waals surface area contributed by atoms with Gasteiger partial charge in [0.1, 0.15) is 0 Å². The highest BCUT2D eigenvalue weighted by Gasteiger charge is 1.89. The molecule has 0 atom stereocenters. The van der Waals surface area contributed by atoms with Gasteiger partial charge in [-0.05, 0) is 25.5 Å². The summed E-state index contributed by atoms with van der Waals surface area (Å²) in [6, 6.07) is 10.5. The van der Waals surface area contributed by atoms with Gasteiger partial charge in [0.25, 0.3) is 0 Å². The van der Waals surface area contributed by atoms with Crippen LogP contribution in [0.15, 0.2) is 46.9 Å². The Labute approximate surface area is 85.1 Å². The van der Waals surface area contributed by atoms with Crippen LogP contribution >= 0.6 is 11.8 Å². The summed E-state index contributed by atoms with van der Waals surface area (Å²) in [4.78, 5) is 1.35. The molecule has 0 spiro atoms. The standard InChI is InChI=1S/C12H16S/c1-3-11(2)9-10-13-12-7-5-4-6-8-12/h4-9H,3,10H2,1-2H3/b11-9-. The monoisotopic (exact) mass is 192 g/mol. The molecule has 0 saturated heterocycles. The first kappa shape index (κ1) is 10.4. The van der Waals surface area contributed by atoms with Gasteiger partial charge in [-0.25, -0.2) is 0 Å². The van der Waals surface area contributed by atoms with Gasteiger partial charge in [-0.2, -0.15) is 0 Å². The van der Waals surface area contributed by atoms with Crippen LogP contribution in [0.2, 0.25) is 0 Å². The van der Waals surface area contributed by atoms with Crippen LogP contribution in [0.5, 0.6) is 0 Å². The van der Waals surface area contributed by atoms with E-state index in [1.807, 2.05) is 11.8 Å². The Morgan fingerprint density at radius 2 is 2.00 bits per heavy atom. The minimum absolute atomic E-state index is 1.09. The minimum atomic E-state index is 1.09. The topological polar surface area (TPSA) is 0 Å². The molecule has 0 radical (unpaired) electrons. The van der Waals surface area contributed by atoms with Crippen molar-refractivity contribution in [3.63, 3.8) is 0 Å². The number of thioether (sulfide) groups is 1. The Morgan fingerprint density at radius 3 is 2.62 bits per heavy atom. The summed E-state index contributed by atoms with van der Waals surface area (Å²) in [6.45, 7) is 4.38. The molecule has 0 aliphatic rings. The molecule has 0 fully saturated rings. The van der Waals surface area contributed by atoms with Gasteiger partial charge >= 0.3 is 0 Å². The molecule has 1 aromatic rings. The van der Waals surface area contributed by atoms with Crippen LogP contribution in [0.4, 0.5) is 0 Å². The van der Waals surface area contributed by atoms with Gasteiger partial charge in [0.15, 0.2) is 0 Å². The van der Waals surface area contributed by atoms with Crippen molar-refractivity contribution in [2.75, 3.05) is 5.75 Å². The first-order valence-electron chi connectivity index (χ1n) is 4.66. The zero-order valence-electron chi connectivity index (χ0n) is 8.29. The first-order valence-corrected chi connectivity index (χ1v) is 5.65. The average molecular weight is 192 g/mol. The van der Waals surface area contributed by atoms with Crippen LogP contribution in [0, 0.1) is 0 Å². The lowest BCUT2D eigenvalue weighted by atomic mass is 10.2. The van der Waals surface area contributed by atoms with E-state index in [1.165, 1.54) is 10.5 Å². The lowest BCUT2D eigenvalue weighted by molar-refractivity contribution is 1.09. The molecular formula is C12H16S. The van der Waals surface area contributed by atoms with E-state index in [0.717, 1.165) is 12.2 Å². The summed E-state index contributed by atoms with van der Waals surface area (Å²) >= 11 is 1.89. The van der Waals surface area contributed by atoms with E-state index in [9.17, 15) is 0 Å². The Hall–Kier alpha value is -0.690. The maximum atomic E-state index is 2.30. The quantitative estimate of drug-likeness (QED) is 0.510. The second-order valence-corrected chi connectivity index (χ2v) is 4.12. The lowest BCUT2D eigenvalue weighted by Crippen LogP contribution is -1.76. The van der Waals surface area contributed by atoms with Gasteiger partial charge < -0.3 is 0 Å². The third-order valence-electron chi connectivity index (χ3n) is 1.98. The Bertz CT molecular complexity index is 262. The van der Waals surface area contributed by atoms with Gasteiger partial charge in [0, 0.05) is 10.6 Å². The molecule has 70 valence electrons. The number of allylic oxidation sites excluding steroid dienone is 1. The van der Waals surface area contributed by atoms with E-state index in [1.54, 1.807) is 0 Å². The molecule has 0 aromatic heterocycles. The smallest absolute Gasteiger partial charge is 0.0163 e. The SMILES string of the molecule is CC/C(C)=C\CSc1ccccc1. The van der Waals surface area contributed by atoms with Crippen molar-refractivity contribution >= 4 is 11.8 Å². The summed E-state index contributed by atoms with van der Waals surface area (Å²) in [5.74, 6) is 1.09. The third-order valence-corrected chi connectivity index (χ3v) is 2.92. The van der Waals surface area contributed by atoms with Crippen molar-refractivity contribution in [3.05, 3.63) is 42.0 Å². The first-order chi connectivity index (χ1) is 6.33. The lowest BCUT2D eigenvalue weighted by Gasteiger charge is -1.98. The molecular weight excluding hydrogens is 176 g/mol. The molecule has 0 heterocycles. The summed E-state index contributed by atoms with van der Waals surface area (Å²) in [5.41, 5.74) is 1.48. The molecule has 1 aromatic carbocycles. The number of rotatable bonds is 4. The molecule has 0 unspecified atom stereocenters. The maximum Gasteiger partial charge on any atom is 0.0163 e. The second-order valence-electron chi connectivity index (χ2n) is 3.03. The molecule has 0 amide bonds. The summed E-state index contributed by atoms with van der Waals surface area (Å²) in [7, 11) is 0. The Kier molecular flexibility index (Phi) is 4.69. The van der Waals surface area contributed by atoms with Gasteiger partial charge in [-0.3, -0.25) is 0 Å². The van der Waals surface area contributed by atoms with Gasteiger partial charge in [-0.15, -0.1) is 11.8 Å². The normalized spacial score (nSPS) is 11.7. The highest BCUT2D eigenvalue weighted by Crippen LogP contribution is 2.17. The van der Waals surface area contributed by atoms with Crippen LogP contribution in [-0.2, 0) is 0 Å². The number of hydrogen-bond donors (Lipinski definition) is 0. The highest BCUT2D eigenvalue weighted by molar-refractivity contribution is 7.99. The summed E-state index contributed by atoms with van der Waals surface area (Å²) in [6.07, 6.45) is 3.47. The molecule has 1 heteroatoms. The average Bonchev–Trinajstić information content (AvgIpc) is 2.19. The largest absolute Gasteiger partial charge is 0.122 e. The Balaban J connectivity index is 2.36. The maximum absolute atomic E-state index is 2.30. The predicted octanol–water partition coefficient (Wildman–Crippen LogP) is 4.14. The van der Waals surface area contributed by atoms with Crippen LogP contribution in [0.25, 0.3) is 0 Å². The van der Waals surface area contributed by atoms with E-state index >= 15 is 0 Å². The highest BCUT2D eigenvalue weighted by atomic mass is 32.2. The van der Waals surface area contributed by atoms with Crippen LogP contribution < -0.4 is 0 Å². The van der Waals surface area contributed by atoms with E-state index < -0.39 is 0 Å². The fourth-order valence-electron chi connectivity index (χ4n) is 0.941. The van der Waals surface area contributed by atoms with E-state index in [-0.39, 0.29) is 0 Å². The summed E-state index contributed by atoms with van der Waals surface area (Å²) in [5, 5.41) is 0. The zero-order valence-corrected chi connectivity index (χ0v) is 9.10. The minimum Gasteiger partial charge on any atom is -0.122 e. The van der Waals surface area contributed by atoms with Gasteiger partial charge in [0.05, 0.1) is 0 Å². The number of hydrogen-bond acceptors (Lipinski definition) is 1. The van der Waals surface area contributed by atoms with E-state index in [2.05, 4.69) is 50.3 Å². The van der Waals surface area contributed by atoms with Crippen molar-refractivity contribution in [1.29, 1.82) is 0 Å². The molecule has 0 N–H and O–H groups in total. The number of benzene rings is 1.